The van der Waals surface area contributed by atoms with Crippen LogP contribution in [0, 0.1) is 0 Å². The van der Waals surface area contributed by atoms with Gasteiger partial charge in [0.05, 0.1) is 11.8 Å². The van der Waals surface area contributed by atoms with Gasteiger partial charge in [-0.05, 0) is 23.3 Å². The molecule has 0 bridgehead atoms. The minimum Gasteiger partial charge on any atom is -0.340 e. The van der Waals surface area contributed by atoms with E-state index in [-0.39, 0.29) is 18.0 Å². The van der Waals surface area contributed by atoms with Crippen LogP contribution in [-0.2, 0) is 17.9 Å². The third-order valence-electron chi connectivity index (χ3n) is 4.66. The van der Waals surface area contributed by atoms with E-state index in [1.165, 1.54) is 22.2 Å². The Morgan fingerprint density at radius 2 is 1.86 bits per heavy atom. The van der Waals surface area contributed by atoms with Gasteiger partial charge < -0.3 is 4.90 Å². The number of hydrogen-bond donors (Lipinski definition) is 0. The molecule has 4 aromatic rings. The van der Waals surface area contributed by atoms with Crippen molar-refractivity contribution in [3.63, 3.8) is 0 Å². The molecule has 0 atom stereocenters. The zero-order valence-electron chi connectivity index (χ0n) is 15.7. The summed E-state index contributed by atoms with van der Waals surface area (Å²) in [4.78, 5) is 32.6. The maximum Gasteiger partial charge on any atom is 0.271 e. The van der Waals surface area contributed by atoms with E-state index in [0.717, 1.165) is 20.5 Å². The van der Waals surface area contributed by atoms with E-state index in [2.05, 4.69) is 20.9 Å². The number of amides is 1. The van der Waals surface area contributed by atoms with E-state index in [9.17, 15) is 9.59 Å². The molecule has 0 aliphatic heterocycles. The Labute approximate surface area is 180 Å². The van der Waals surface area contributed by atoms with Crippen molar-refractivity contribution in [2.24, 2.45) is 0 Å². The Hall–Kier alpha value is -2.77. The molecule has 2 heterocycles. The van der Waals surface area contributed by atoms with Crippen LogP contribution in [0.1, 0.15) is 5.56 Å². The van der Waals surface area contributed by atoms with Crippen LogP contribution in [0.2, 0.25) is 0 Å². The second-order valence-electron chi connectivity index (χ2n) is 6.71. The van der Waals surface area contributed by atoms with Crippen LogP contribution in [0.5, 0.6) is 0 Å². The summed E-state index contributed by atoms with van der Waals surface area (Å²) in [5.41, 5.74) is 2.52. The SMILES string of the molecule is CN(Cc1ccccc1Br)C(=O)Cn1cnc2cc(-c3ccccc3)sc2c1=O. The smallest absolute Gasteiger partial charge is 0.271 e. The quantitative estimate of drug-likeness (QED) is 0.432. The van der Waals surface area contributed by atoms with Gasteiger partial charge in [-0.3, -0.25) is 14.2 Å². The second kappa shape index (κ2) is 8.31. The number of hydrogen-bond acceptors (Lipinski definition) is 4. The van der Waals surface area contributed by atoms with Gasteiger partial charge in [-0.25, -0.2) is 4.98 Å². The second-order valence-corrected chi connectivity index (χ2v) is 8.62. The Morgan fingerprint density at radius 3 is 2.62 bits per heavy atom. The molecule has 4 rings (SSSR count). The molecule has 0 radical (unpaired) electrons. The van der Waals surface area contributed by atoms with E-state index in [0.29, 0.717) is 16.8 Å². The van der Waals surface area contributed by atoms with Crippen LogP contribution in [0.3, 0.4) is 0 Å². The summed E-state index contributed by atoms with van der Waals surface area (Å²) in [7, 11) is 1.73. The number of nitrogens with zero attached hydrogens (tertiary/aromatic N) is 3. The fourth-order valence-electron chi connectivity index (χ4n) is 3.04. The molecule has 2 aromatic heterocycles. The summed E-state index contributed by atoms with van der Waals surface area (Å²) in [6, 6.07) is 19.6. The van der Waals surface area contributed by atoms with Gasteiger partial charge in [0.2, 0.25) is 5.91 Å². The molecule has 0 N–H and O–H groups in total. The van der Waals surface area contributed by atoms with Gasteiger partial charge >= 0.3 is 0 Å². The molecule has 146 valence electrons. The van der Waals surface area contributed by atoms with Gasteiger partial charge in [0.25, 0.3) is 5.56 Å². The molecule has 0 unspecified atom stereocenters. The molecule has 0 saturated carbocycles. The average molecular weight is 468 g/mol. The topological polar surface area (TPSA) is 55.2 Å². The Kier molecular flexibility index (Phi) is 5.60. The predicted molar refractivity (Wildman–Crippen MR) is 120 cm³/mol. The maximum absolute atomic E-state index is 12.9. The normalized spacial score (nSPS) is 11.0. The third-order valence-corrected chi connectivity index (χ3v) is 6.59. The fourth-order valence-corrected chi connectivity index (χ4v) is 4.51. The minimum absolute atomic E-state index is 0.0404. The molecule has 0 aliphatic rings. The zero-order valence-corrected chi connectivity index (χ0v) is 18.1. The first-order valence-corrected chi connectivity index (χ1v) is 10.7. The number of fused-ring (bicyclic) bond motifs is 1. The monoisotopic (exact) mass is 467 g/mol. The fraction of sp³-hybridized carbons (Fsp3) is 0.136. The number of aromatic nitrogens is 2. The van der Waals surface area contributed by atoms with Crippen LogP contribution >= 0.6 is 27.3 Å². The van der Waals surface area contributed by atoms with Gasteiger partial charge in [-0.15, -0.1) is 11.3 Å². The third kappa shape index (κ3) is 4.16. The molecular weight excluding hydrogens is 450 g/mol. The minimum atomic E-state index is -0.190. The van der Waals surface area contributed by atoms with Crippen molar-refractivity contribution >= 4 is 43.4 Å². The van der Waals surface area contributed by atoms with Crippen molar-refractivity contribution in [2.75, 3.05) is 7.05 Å². The van der Waals surface area contributed by atoms with E-state index >= 15 is 0 Å². The summed E-state index contributed by atoms with van der Waals surface area (Å²) in [6.07, 6.45) is 1.45. The maximum atomic E-state index is 12.9. The van der Waals surface area contributed by atoms with E-state index in [1.807, 2.05) is 60.7 Å². The molecule has 1 amide bonds. The lowest BCUT2D eigenvalue weighted by Gasteiger charge is -2.18. The van der Waals surface area contributed by atoms with Crippen molar-refractivity contribution in [3.8, 4) is 10.4 Å². The van der Waals surface area contributed by atoms with Gasteiger partial charge in [-0.2, -0.15) is 0 Å². The van der Waals surface area contributed by atoms with Crippen molar-refractivity contribution in [1.82, 2.24) is 14.5 Å². The molecule has 5 nitrogen and oxygen atoms in total. The zero-order chi connectivity index (χ0) is 20.4. The van der Waals surface area contributed by atoms with Crippen molar-refractivity contribution in [1.29, 1.82) is 0 Å². The largest absolute Gasteiger partial charge is 0.340 e. The first-order valence-electron chi connectivity index (χ1n) is 9.04. The Bertz CT molecular complexity index is 1230. The van der Waals surface area contributed by atoms with E-state index in [4.69, 9.17) is 0 Å². The van der Waals surface area contributed by atoms with E-state index in [1.54, 1.807) is 11.9 Å². The molecule has 7 heteroatoms. The average Bonchev–Trinajstić information content (AvgIpc) is 3.17. The van der Waals surface area contributed by atoms with Gasteiger partial charge in [0.1, 0.15) is 11.2 Å². The molecular formula is C22H18BrN3O2S. The first-order chi connectivity index (χ1) is 14.0. The Morgan fingerprint density at radius 1 is 1.14 bits per heavy atom. The number of carbonyl (C=O) groups is 1. The van der Waals surface area contributed by atoms with Gasteiger partial charge in [0.15, 0.2) is 0 Å². The molecule has 2 aromatic carbocycles. The highest BCUT2D eigenvalue weighted by atomic mass is 79.9. The van der Waals surface area contributed by atoms with Crippen LogP contribution in [0.4, 0.5) is 0 Å². The van der Waals surface area contributed by atoms with Gasteiger partial charge in [-0.1, -0.05) is 64.5 Å². The van der Waals surface area contributed by atoms with Crippen molar-refractivity contribution in [3.05, 3.63) is 87.4 Å². The number of likely N-dealkylation sites (N-methyl/N-ethyl adjacent to an activating group) is 1. The molecule has 29 heavy (non-hydrogen) atoms. The highest BCUT2D eigenvalue weighted by Crippen LogP contribution is 2.30. The Balaban J connectivity index is 1.56. The predicted octanol–water partition coefficient (Wildman–Crippen LogP) is 4.55. The van der Waals surface area contributed by atoms with Crippen molar-refractivity contribution in [2.45, 2.75) is 13.1 Å². The summed E-state index contributed by atoms with van der Waals surface area (Å²) < 4.78 is 2.89. The lowest BCUT2D eigenvalue weighted by atomic mass is 10.2. The number of benzene rings is 2. The van der Waals surface area contributed by atoms with E-state index < -0.39 is 0 Å². The number of rotatable bonds is 5. The lowest BCUT2D eigenvalue weighted by molar-refractivity contribution is -0.131. The lowest BCUT2D eigenvalue weighted by Crippen LogP contribution is -2.33. The standard InChI is InChI=1S/C22H18BrN3O2S/c1-25(12-16-9-5-6-10-17(16)23)20(27)13-26-14-24-18-11-19(29-21(18)22(26)28)15-7-3-2-4-8-15/h2-11,14H,12-13H2,1H3. The molecule has 0 fully saturated rings. The van der Waals surface area contributed by atoms with Crippen LogP contribution in [0.15, 0.2) is 76.3 Å². The number of thiophene rings is 1. The van der Waals surface area contributed by atoms with Crippen LogP contribution in [0.25, 0.3) is 20.7 Å². The van der Waals surface area contributed by atoms with Gasteiger partial charge in [0, 0.05) is 22.9 Å². The molecule has 0 saturated heterocycles. The van der Waals surface area contributed by atoms with Crippen LogP contribution < -0.4 is 5.56 Å². The summed E-state index contributed by atoms with van der Waals surface area (Å²) in [5.74, 6) is -0.149. The number of carbonyl (C=O) groups excluding carboxylic acids is 1. The highest BCUT2D eigenvalue weighted by Gasteiger charge is 2.15. The van der Waals surface area contributed by atoms with Crippen LogP contribution in [-0.4, -0.2) is 27.4 Å². The first kappa shape index (κ1) is 19.5. The van der Waals surface area contributed by atoms with Crippen molar-refractivity contribution < 1.29 is 4.79 Å². The summed E-state index contributed by atoms with van der Waals surface area (Å²) in [5, 5.41) is 0. The highest BCUT2D eigenvalue weighted by molar-refractivity contribution is 9.10. The number of halogens is 1. The molecule has 0 aliphatic carbocycles. The molecule has 0 spiro atoms. The summed E-state index contributed by atoms with van der Waals surface area (Å²) in [6.45, 7) is 0.420. The summed E-state index contributed by atoms with van der Waals surface area (Å²) >= 11 is 4.90.